The lowest BCUT2D eigenvalue weighted by Gasteiger charge is -2.10. The lowest BCUT2D eigenvalue weighted by Crippen LogP contribution is -2.25. The highest BCUT2D eigenvalue weighted by Gasteiger charge is 2.28. The predicted molar refractivity (Wildman–Crippen MR) is 56.5 cm³/mol. The van der Waals surface area contributed by atoms with Gasteiger partial charge in [0.1, 0.15) is 0 Å². The van der Waals surface area contributed by atoms with Crippen LogP contribution in [0.5, 0.6) is 0 Å². The van der Waals surface area contributed by atoms with Gasteiger partial charge >= 0.3 is 11.9 Å². The molecule has 0 heterocycles. The Kier molecular flexibility index (Phi) is 5.78. The molecule has 0 aliphatic heterocycles. The third-order valence-electron chi connectivity index (χ3n) is 1.79. The Balaban J connectivity index is 4.98. The summed E-state index contributed by atoms with van der Waals surface area (Å²) >= 11 is 0. The first-order valence-corrected chi connectivity index (χ1v) is 4.40. The summed E-state index contributed by atoms with van der Waals surface area (Å²) in [5, 5.41) is 17.5. The second-order valence-electron chi connectivity index (χ2n) is 2.91. The highest BCUT2D eigenvalue weighted by atomic mass is 16.4. The Bertz CT molecular complexity index is 288. The van der Waals surface area contributed by atoms with Gasteiger partial charge in [-0.25, -0.2) is 0 Å². The van der Waals surface area contributed by atoms with E-state index in [0.29, 0.717) is 12.0 Å². The fourth-order valence-corrected chi connectivity index (χ4v) is 1.14. The molecule has 2 N–H and O–H groups in total. The zero-order valence-electron chi connectivity index (χ0n) is 8.35. The van der Waals surface area contributed by atoms with Gasteiger partial charge in [-0.1, -0.05) is 18.2 Å². The molecule has 4 nitrogen and oxygen atoms in total. The van der Waals surface area contributed by atoms with Crippen LogP contribution in [-0.2, 0) is 9.59 Å². The zero-order chi connectivity index (χ0) is 11.8. The maximum Gasteiger partial charge on any atom is 0.322 e. The molecule has 0 aromatic rings. The van der Waals surface area contributed by atoms with E-state index in [2.05, 4.69) is 13.2 Å². The minimum Gasteiger partial charge on any atom is -0.480 e. The van der Waals surface area contributed by atoms with E-state index >= 15 is 0 Å². The standard InChI is InChI=1S/C11H14O4/c1-3-5-7-8(6-4-2)9(10(12)13)11(14)15/h3-4,7,9H,1-2,5-6H2,(H,12,13)(H,14,15). The van der Waals surface area contributed by atoms with Gasteiger partial charge in [-0.15, -0.1) is 13.2 Å². The van der Waals surface area contributed by atoms with Crippen LogP contribution in [-0.4, -0.2) is 22.2 Å². The van der Waals surface area contributed by atoms with Crippen molar-refractivity contribution in [3.8, 4) is 0 Å². The molecule has 0 rings (SSSR count). The Hall–Kier alpha value is -1.84. The number of rotatable bonds is 7. The number of carboxylic acid groups (broad SMARTS) is 2. The van der Waals surface area contributed by atoms with Gasteiger partial charge in [-0.05, 0) is 18.4 Å². The summed E-state index contributed by atoms with van der Waals surface area (Å²) in [6.45, 7) is 6.93. The molecule has 0 unspecified atom stereocenters. The molecule has 0 bridgehead atoms. The molecule has 0 radical (unpaired) electrons. The van der Waals surface area contributed by atoms with E-state index in [1.807, 2.05) is 0 Å². The van der Waals surface area contributed by atoms with Crippen molar-refractivity contribution in [3.63, 3.8) is 0 Å². The summed E-state index contributed by atoms with van der Waals surface area (Å²) in [6, 6.07) is 0. The number of carbonyl (C=O) groups is 2. The molecule has 0 atom stereocenters. The van der Waals surface area contributed by atoms with Gasteiger partial charge < -0.3 is 10.2 Å². The predicted octanol–water partition coefficient (Wildman–Crippen LogP) is 1.85. The van der Waals surface area contributed by atoms with Crippen LogP contribution >= 0.6 is 0 Å². The van der Waals surface area contributed by atoms with Crippen LogP contribution in [0.2, 0.25) is 0 Å². The largest absolute Gasteiger partial charge is 0.480 e. The number of aliphatic carboxylic acids is 2. The zero-order valence-corrected chi connectivity index (χ0v) is 8.35. The van der Waals surface area contributed by atoms with Crippen LogP contribution in [0.3, 0.4) is 0 Å². The highest BCUT2D eigenvalue weighted by Crippen LogP contribution is 2.17. The topological polar surface area (TPSA) is 74.6 Å². The fraction of sp³-hybridized carbons (Fsp3) is 0.273. The van der Waals surface area contributed by atoms with Gasteiger partial charge in [0.25, 0.3) is 0 Å². The van der Waals surface area contributed by atoms with Crippen molar-refractivity contribution < 1.29 is 19.8 Å². The summed E-state index contributed by atoms with van der Waals surface area (Å²) in [7, 11) is 0. The number of hydrogen-bond acceptors (Lipinski definition) is 2. The third kappa shape index (κ3) is 4.26. The number of carboxylic acids is 2. The highest BCUT2D eigenvalue weighted by molar-refractivity contribution is 5.96. The third-order valence-corrected chi connectivity index (χ3v) is 1.79. The van der Waals surface area contributed by atoms with Crippen molar-refractivity contribution in [2.24, 2.45) is 5.92 Å². The molecule has 0 saturated carbocycles. The average Bonchev–Trinajstić information content (AvgIpc) is 2.13. The van der Waals surface area contributed by atoms with E-state index < -0.39 is 17.9 Å². The molecule has 0 aliphatic rings. The normalized spacial score (nSPS) is 11.1. The molecule has 15 heavy (non-hydrogen) atoms. The van der Waals surface area contributed by atoms with Gasteiger partial charge in [0.05, 0.1) is 0 Å². The monoisotopic (exact) mass is 210 g/mol. The summed E-state index contributed by atoms with van der Waals surface area (Å²) in [6.07, 6.45) is 5.30. The summed E-state index contributed by atoms with van der Waals surface area (Å²) in [4.78, 5) is 21.5. The van der Waals surface area contributed by atoms with E-state index in [9.17, 15) is 9.59 Å². The van der Waals surface area contributed by atoms with E-state index in [1.165, 1.54) is 6.08 Å². The van der Waals surface area contributed by atoms with Crippen molar-refractivity contribution >= 4 is 11.9 Å². The first-order valence-electron chi connectivity index (χ1n) is 4.40. The molecule has 82 valence electrons. The van der Waals surface area contributed by atoms with Gasteiger partial charge in [-0.3, -0.25) is 9.59 Å². The van der Waals surface area contributed by atoms with Crippen LogP contribution in [0.1, 0.15) is 12.8 Å². The van der Waals surface area contributed by atoms with E-state index in [0.717, 1.165) is 0 Å². The Morgan fingerprint density at radius 2 is 1.67 bits per heavy atom. The maximum absolute atomic E-state index is 10.7. The Morgan fingerprint density at radius 1 is 1.13 bits per heavy atom. The first-order chi connectivity index (χ1) is 7.04. The molecule has 0 aliphatic carbocycles. The van der Waals surface area contributed by atoms with Crippen molar-refractivity contribution in [1.82, 2.24) is 0 Å². The van der Waals surface area contributed by atoms with Crippen molar-refractivity contribution in [2.45, 2.75) is 12.8 Å². The maximum atomic E-state index is 10.7. The van der Waals surface area contributed by atoms with Crippen LogP contribution < -0.4 is 0 Å². The first kappa shape index (κ1) is 13.2. The van der Waals surface area contributed by atoms with Crippen molar-refractivity contribution in [3.05, 3.63) is 37.0 Å². The number of hydrogen-bond donors (Lipinski definition) is 2. The summed E-state index contributed by atoms with van der Waals surface area (Å²) in [5.74, 6) is -4.22. The molecule has 0 aromatic heterocycles. The summed E-state index contributed by atoms with van der Waals surface area (Å²) < 4.78 is 0. The van der Waals surface area contributed by atoms with Gasteiger partial charge in [0.2, 0.25) is 0 Å². The molecule has 4 heteroatoms. The minimum absolute atomic E-state index is 0.247. The van der Waals surface area contributed by atoms with Crippen LogP contribution in [0.15, 0.2) is 37.0 Å². The molecular weight excluding hydrogens is 196 g/mol. The van der Waals surface area contributed by atoms with Gasteiger partial charge in [0, 0.05) is 0 Å². The molecule has 0 aromatic carbocycles. The van der Waals surface area contributed by atoms with Crippen LogP contribution in [0, 0.1) is 5.92 Å². The van der Waals surface area contributed by atoms with Crippen LogP contribution in [0.4, 0.5) is 0 Å². The quantitative estimate of drug-likeness (QED) is 0.496. The summed E-state index contributed by atoms with van der Waals surface area (Å²) in [5.41, 5.74) is 0.324. The molecule has 0 spiro atoms. The Labute approximate surface area is 88.2 Å². The van der Waals surface area contributed by atoms with Crippen molar-refractivity contribution in [2.75, 3.05) is 0 Å². The second kappa shape index (κ2) is 6.59. The average molecular weight is 210 g/mol. The molecular formula is C11H14O4. The minimum atomic E-state index is -1.50. The van der Waals surface area contributed by atoms with Gasteiger partial charge in [-0.2, -0.15) is 0 Å². The van der Waals surface area contributed by atoms with Crippen LogP contribution in [0.25, 0.3) is 0 Å². The second-order valence-corrected chi connectivity index (χ2v) is 2.91. The Morgan fingerprint density at radius 3 is 2.00 bits per heavy atom. The fourth-order valence-electron chi connectivity index (χ4n) is 1.14. The van der Waals surface area contributed by atoms with Gasteiger partial charge in [0.15, 0.2) is 5.92 Å². The molecule has 0 amide bonds. The SMILES string of the molecule is C=CCC=C(CC=C)C(C(=O)O)C(=O)O. The molecule has 0 saturated heterocycles. The lowest BCUT2D eigenvalue weighted by atomic mass is 9.95. The van der Waals surface area contributed by atoms with E-state index in [1.54, 1.807) is 12.2 Å². The molecule has 0 fully saturated rings. The van der Waals surface area contributed by atoms with E-state index in [-0.39, 0.29) is 6.42 Å². The van der Waals surface area contributed by atoms with Crippen molar-refractivity contribution in [1.29, 1.82) is 0 Å². The van der Waals surface area contributed by atoms with E-state index in [4.69, 9.17) is 10.2 Å². The lowest BCUT2D eigenvalue weighted by molar-refractivity contribution is -0.152. The smallest absolute Gasteiger partial charge is 0.322 e. The number of allylic oxidation sites excluding steroid dienone is 3.